The topological polar surface area (TPSA) is 85.0 Å². The fourth-order valence-corrected chi connectivity index (χ4v) is 2.69. The van der Waals surface area contributed by atoms with Gasteiger partial charge < -0.3 is 19.0 Å². The molecule has 7 nitrogen and oxygen atoms in total. The molecule has 160 valence electrons. The summed E-state index contributed by atoms with van der Waals surface area (Å²) in [5, 5.41) is 9.64. The summed E-state index contributed by atoms with van der Waals surface area (Å²) in [6.07, 6.45) is -0.279. The number of oxazole rings is 1. The summed E-state index contributed by atoms with van der Waals surface area (Å²) in [5.41, 5.74) is 2.25. The van der Waals surface area contributed by atoms with Crippen LogP contribution >= 0.6 is 0 Å². The molecule has 0 aliphatic heterocycles. The summed E-state index contributed by atoms with van der Waals surface area (Å²) in [7, 11) is 1.67. The van der Waals surface area contributed by atoms with Gasteiger partial charge in [0.25, 0.3) is 0 Å². The Labute approximate surface area is 176 Å². The van der Waals surface area contributed by atoms with E-state index < -0.39 is 17.8 Å². The molecule has 30 heavy (non-hydrogen) atoms. The maximum atomic E-state index is 12.2. The van der Waals surface area contributed by atoms with Gasteiger partial charge in [-0.3, -0.25) is 4.90 Å². The van der Waals surface area contributed by atoms with Crippen molar-refractivity contribution in [1.29, 1.82) is 0 Å². The van der Waals surface area contributed by atoms with Crippen molar-refractivity contribution < 1.29 is 23.8 Å². The number of rotatable bonds is 6. The maximum absolute atomic E-state index is 12.2. The lowest BCUT2D eigenvalue weighted by Crippen LogP contribution is -2.34. The highest BCUT2D eigenvalue weighted by atomic mass is 16.6. The normalized spacial score (nSPS) is 12.6. The van der Waals surface area contributed by atoms with Gasteiger partial charge in [-0.05, 0) is 63.6 Å². The van der Waals surface area contributed by atoms with Crippen LogP contribution in [-0.2, 0) is 4.74 Å². The molecule has 0 spiro atoms. The van der Waals surface area contributed by atoms with Crippen molar-refractivity contribution in [2.75, 3.05) is 18.6 Å². The first-order valence-corrected chi connectivity index (χ1v) is 9.95. The number of benzene rings is 2. The second-order valence-electron chi connectivity index (χ2n) is 8.11. The number of carbonyl (C=O) groups is 1. The summed E-state index contributed by atoms with van der Waals surface area (Å²) in [6.45, 7) is 7.63. The standard InChI is InChI=1S/C23H28N2O5/c1-6-17(26)14-28-18-11-12-20-19(13-18)24-21(29-20)15-7-9-16(10-8-15)25(5)22(27)30-23(2,3)4/h7-13,17,26H,6,14H2,1-5H3/t17-/m0/s1. The van der Waals surface area contributed by atoms with E-state index in [0.717, 1.165) is 5.56 Å². The Balaban J connectivity index is 1.75. The average Bonchev–Trinajstić information content (AvgIpc) is 3.13. The highest BCUT2D eigenvalue weighted by Crippen LogP contribution is 2.28. The van der Waals surface area contributed by atoms with E-state index in [9.17, 15) is 9.90 Å². The number of hydrogen-bond donors (Lipinski definition) is 1. The van der Waals surface area contributed by atoms with E-state index in [1.165, 1.54) is 4.90 Å². The number of fused-ring (bicyclic) bond motifs is 1. The molecular formula is C23H28N2O5. The molecule has 0 fully saturated rings. The van der Waals surface area contributed by atoms with Gasteiger partial charge in [-0.25, -0.2) is 9.78 Å². The first-order chi connectivity index (χ1) is 14.2. The van der Waals surface area contributed by atoms with Crippen LogP contribution in [0.2, 0.25) is 0 Å². The summed E-state index contributed by atoms with van der Waals surface area (Å²) in [6, 6.07) is 12.7. The number of carbonyl (C=O) groups excluding carboxylic acids is 1. The first kappa shape index (κ1) is 21.6. The monoisotopic (exact) mass is 412 g/mol. The summed E-state index contributed by atoms with van der Waals surface area (Å²) < 4.78 is 16.8. The molecule has 3 rings (SSSR count). The molecular weight excluding hydrogens is 384 g/mol. The third-order valence-corrected chi connectivity index (χ3v) is 4.44. The number of aliphatic hydroxyl groups is 1. The van der Waals surface area contributed by atoms with Crippen LogP contribution < -0.4 is 9.64 Å². The van der Waals surface area contributed by atoms with Crippen LogP contribution in [0.15, 0.2) is 46.9 Å². The van der Waals surface area contributed by atoms with Crippen molar-refractivity contribution >= 4 is 22.9 Å². The molecule has 2 aromatic carbocycles. The second-order valence-corrected chi connectivity index (χ2v) is 8.11. The van der Waals surface area contributed by atoms with E-state index in [1.54, 1.807) is 25.2 Å². The van der Waals surface area contributed by atoms with Gasteiger partial charge in [0.1, 0.15) is 23.5 Å². The predicted octanol–water partition coefficient (Wildman–Crippen LogP) is 5.02. The molecule has 3 aromatic rings. The number of aliphatic hydroxyl groups excluding tert-OH is 1. The van der Waals surface area contributed by atoms with E-state index in [4.69, 9.17) is 13.9 Å². The minimum atomic E-state index is -0.555. The fraction of sp³-hybridized carbons (Fsp3) is 0.391. The van der Waals surface area contributed by atoms with Crippen LogP contribution in [-0.4, -0.2) is 41.5 Å². The van der Waals surface area contributed by atoms with Crippen LogP contribution in [0.5, 0.6) is 5.75 Å². The maximum Gasteiger partial charge on any atom is 0.414 e. The number of amides is 1. The predicted molar refractivity (Wildman–Crippen MR) is 116 cm³/mol. The van der Waals surface area contributed by atoms with E-state index in [1.807, 2.05) is 52.0 Å². The van der Waals surface area contributed by atoms with Crippen LogP contribution in [0, 0.1) is 0 Å². The van der Waals surface area contributed by atoms with Crippen molar-refractivity contribution in [2.45, 2.75) is 45.8 Å². The third-order valence-electron chi connectivity index (χ3n) is 4.44. The van der Waals surface area contributed by atoms with E-state index >= 15 is 0 Å². The van der Waals surface area contributed by atoms with Crippen LogP contribution in [0.4, 0.5) is 10.5 Å². The second kappa shape index (κ2) is 8.75. The fourth-order valence-electron chi connectivity index (χ4n) is 2.69. The summed E-state index contributed by atoms with van der Waals surface area (Å²) in [4.78, 5) is 18.2. The number of anilines is 1. The Bertz CT molecular complexity index is 1000. The number of hydrogen-bond acceptors (Lipinski definition) is 6. The van der Waals surface area contributed by atoms with Crippen LogP contribution in [0.25, 0.3) is 22.6 Å². The van der Waals surface area contributed by atoms with Gasteiger partial charge in [0.2, 0.25) is 5.89 Å². The smallest absolute Gasteiger partial charge is 0.414 e. The molecule has 1 aromatic heterocycles. The molecule has 0 aliphatic rings. The number of aromatic nitrogens is 1. The highest BCUT2D eigenvalue weighted by molar-refractivity contribution is 5.87. The lowest BCUT2D eigenvalue weighted by atomic mass is 10.2. The Hall–Kier alpha value is -3.06. The number of ether oxygens (including phenoxy) is 2. The largest absolute Gasteiger partial charge is 0.491 e. The van der Waals surface area contributed by atoms with Gasteiger partial charge in [-0.2, -0.15) is 0 Å². The number of nitrogens with zero attached hydrogens (tertiary/aromatic N) is 2. The molecule has 0 radical (unpaired) electrons. The van der Waals surface area contributed by atoms with E-state index in [-0.39, 0.29) is 6.61 Å². The minimum absolute atomic E-state index is 0.235. The van der Waals surface area contributed by atoms with E-state index in [0.29, 0.717) is 34.8 Å². The SMILES string of the molecule is CC[C@H](O)COc1ccc2oc(-c3ccc(N(C)C(=O)OC(C)(C)C)cc3)nc2c1. The first-order valence-electron chi connectivity index (χ1n) is 9.95. The molecule has 0 unspecified atom stereocenters. The van der Waals surface area contributed by atoms with Gasteiger partial charge in [0, 0.05) is 24.4 Å². The Morgan fingerprint density at radius 2 is 1.90 bits per heavy atom. The zero-order valence-electron chi connectivity index (χ0n) is 18.0. The highest BCUT2D eigenvalue weighted by Gasteiger charge is 2.20. The third kappa shape index (κ3) is 5.30. The van der Waals surface area contributed by atoms with Crippen molar-refractivity contribution in [3.8, 4) is 17.2 Å². The Morgan fingerprint density at radius 3 is 2.53 bits per heavy atom. The molecule has 1 atom stereocenters. The lowest BCUT2D eigenvalue weighted by Gasteiger charge is -2.24. The molecule has 0 saturated carbocycles. The molecule has 1 N–H and O–H groups in total. The van der Waals surface area contributed by atoms with Gasteiger partial charge in [-0.1, -0.05) is 6.92 Å². The van der Waals surface area contributed by atoms with Crippen molar-refractivity contribution in [3.63, 3.8) is 0 Å². The molecule has 0 saturated heterocycles. The van der Waals surface area contributed by atoms with Crippen molar-refractivity contribution in [1.82, 2.24) is 4.98 Å². The Morgan fingerprint density at radius 1 is 1.20 bits per heavy atom. The Kier molecular flexibility index (Phi) is 6.31. The lowest BCUT2D eigenvalue weighted by molar-refractivity contribution is 0.0589. The zero-order valence-corrected chi connectivity index (χ0v) is 18.0. The van der Waals surface area contributed by atoms with Crippen molar-refractivity contribution in [3.05, 3.63) is 42.5 Å². The molecule has 0 bridgehead atoms. The van der Waals surface area contributed by atoms with Gasteiger partial charge in [0.15, 0.2) is 5.58 Å². The summed E-state index contributed by atoms with van der Waals surface area (Å²) in [5.74, 6) is 1.10. The van der Waals surface area contributed by atoms with E-state index in [2.05, 4.69) is 4.98 Å². The van der Waals surface area contributed by atoms with Gasteiger partial charge >= 0.3 is 6.09 Å². The van der Waals surface area contributed by atoms with Crippen molar-refractivity contribution in [2.24, 2.45) is 0 Å². The molecule has 0 aliphatic carbocycles. The summed E-state index contributed by atoms with van der Waals surface area (Å²) >= 11 is 0. The zero-order chi connectivity index (χ0) is 21.9. The molecule has 1 heterocycles. The minimum Gasteiger partial charge on any atom is -0.491 e. The van der Waals surface area contributed by atoms with Crippen LogP contribution in [0.3, 0.4) is 0 Å². The van der Waals surface area contributed by atoms with Crippen LogP contribution in [0.1, 0.15) is 34.1 Å². The molecule has 1 amide bonds. The van der Waals surface area contributed by atoms with Gasteiger partial charge in [0.05, 0.1) is 6.10 Å². The molecule has 7 heteroatoms. The van der Waals surface area contributed by atoms with Gasteiger partial charge in [-0.15, -0.1) is 0 Å². The average molecular weight is 412 g/mol. The quantitative estimate of drug-likeness (QED) is 0.612.